The molecule has 8 heteroatoms. The standard InChI is InChI=1S/C13H20N4O4/c1-17(4-5-19-2)13-15-10(12(18)20-3)6-11(16-13)14-9-7-21-8-9/h6,9H,4-5,7-8H2,1-3H3,(H,14,15,16). The molecule has 1 fully saturated rings. The fraction of sp³-hybridized carbons (Fsp3) is 0.615. The van der Waals surface area contributed by atoms with Crippen LogP contribution in [0.1, 0.15) is 10.5 Å². The van der Waals surface area contributed by atoms with E-state index in [9.17, 15) is 4.79 Å². The summed E-state index contributed by atoms with van der Waals surface area (Å²) in [6.45, 7) is 2.42. The van der Waals surface area contributed by atoms with Crippen molar-refractivity contribution in [2.24, 2.45) is 0 Å². The first-order valence-corrected chi connectivity index (χ1v) is 6.65. The third-order valence-corrected chi connectivity index (χ3v) is 3.07. The molecule has 2 rings (SSSR count). The van der Waals surface area contributed by atoms with Gasteiger partial charge in [0.15, 0.2) is 5.69 Å². The molecule has 8 nitrogen and oxygen atoms in total. The van der Waals surface area contributed by atoms with Crippen LogP contribution in [0.3, 0.4) is 0 Å². The Morgan fingerprint density at radius 3 is 2.81 bits per heavy atom. The monoisotopic (exact) mass is 296 g/mol. The highest BCUT2D eigenvalue weighted by Gasteiger charge is 2.21. The summed E-state index contributed by atoms with van der Waals surface area (Å²) in [5.41, 5.74) is 0.217. The number of aromatic nitrogens is 2. The van der Waals surface area contributed by atoms with E-state index in [0.29, 0.717) is 38.1 Å². The Balaban J connectivity index is 2.20. The highest BCUT2D eigenvalue weighted by molar-refractivity contribution is 5.88. The average Bonchev–Trinajstić information content (AvgIpc) is 2.47. The van der Waals surface area contributed by atoms with Gasteiger partial charge in [-0.3, -0.25) is 0 Å². The van der Waals surface area contributed by atoms with E-state index in [1.807, 2.05) is 11.9 Å². The topological polar surface area (TPSA) is 85.8 Å². The van der Waals surface area contributed by atoms with Gasteiger partial charge in [-0.05, 0) is 0 Å². The van der Waals surface area contributed by atoms with E-state index in [4.69, 9.17) is 14.2 Å². The second-order valence-electron chi connectivity index (χ2n) is 4.72. The van der Waals surface area contributed by atoms with Crippen molar-refractivity contribution in [1.82, 2.24) is 9.97 Å². The highest BCUT2D eigenvalue weighted by Crippen LogP contribution is 2.16. The molecule has 0 radical (unpaired) electrons. The SMILES string of the molecule is COCCN(C)c1nc(NC2COC2)cc(C(=O)OC)n1. The zero-order valence-electron chi connectivity index (χ0n) is 12.5. The van der Waals surface area contributed by atoms with E-state index >= 15 is 0 Å². The Labute approximate surface area is 123 Å². The number of ether oxygens (including phenoxy) is 3. The number of likely N-dealkylation sites (N-methyl/N-ethyl adjacent to an activating group) is 1. The second kappa shape index (κ2) is 7.19. The second-order valence-corrected chi connectivity index (χ2v) is 4.72. The molecular formula is C13H20N4O4. The van der Waals surface area contributed by atoms with Gasteiger partial charge in [0.05, 0.1) is 33.0 Å². The van der Waals surface area contributed by atoms with E-state index < -0.39 is 5.97 Å². The van der Waals surface area contributed by atoms with Crippen LogP contribution in [0.2, 0.25) is 0 Å². The third kappa shape index (κ3) is 4.02. The number of esters is 1. The number of hydrogen-bond acceptors (Lipinski definition) is 8. The number of hydrogen-bond donors (Lipinski definition) is 1. The van der Waals surface area contributed by atoms with Crippen LogP contribution >= 0.6 is 0 Å². The minimum atomic E-state index is -0.494. The van der Waals surface area contributed by atoms with Gasteiger partial charge in [-0.2, -0.15) is 4.98 Å². The van der Waals surface area contributed by atoms with E-state index in [1.54, 1.807) is 13.2 Å². The Bertz CT molecular complexity index is 493. The molecule has 2 heterocycles. The van der Waals surface area contributed by atoms with Crippen molar-refractivity contribution in [2.45, 2.75) is 6.04 Å². The molecule has 0 aromatic carbocycles. The number of nitrogens with zero attached hydrogens (tertiary/aromatic N) is 3. The molecule has 0 saturated carbocycles. The van der Waals surface area contributed by atoms with E-state index in [0.717, 1.165) is 0 Å². The van der Waals surface area contributed by atoms with Crippen LogP contribution in [0.15, 0.2) is 6.07 Å². The smallest absolute Gasteiger partial charge is 0.356 e. The summed E-state index contributed by atoms with van der Waals surface area (Å²) in [6, 6.07) is 1.79. The van der Waals surface area contributed by atoms with Crippen molar-refractivity contribution in [2.75, 3.05) is 57.8 Å². The van der Waals surface area contributed by atoms with Gasteiger partial charge in [0.2, 0.25) is 5.95 Å². The van der Waals surface area contributed by atoms with Crippen molar-refractivity contribution in [3.8, 4) is 0 Å². The van der Waals surface area contributed by atoms with Gasteiger partial charge in [0.1, 0.15) is 5.82 Å². The summed E-state index contributed by atoms with van der Waals surface area (Å²) in [6.07, 6.45) is 0. The number of anilines is 2. The molecule has 1 aromatic heterocycles. The maximum absolute atomic E-state index is 11.7. The molecular weight excluding hydrogens is 276 g/mol. The number of carbonyl (C=O) groups excluding carboxylic acids is 1. The molecule has 1 N–H and O–H groups in total. The maximum Gasteiger partial charge on any atom is 0.356 e. The predicted octanol–water partition coefficient (Wildman–Crippen LogP) is 0.157. The van der Waals surface area contributed by atoms with Crippen molar-refractivity contribution >= 4 is 17.7 Å². The summed E-state index contributed by atoms with van der Waals surface area (Å²) in [7, 11) is 4.79. The average molecular weight is 296 g/mol. The van der Waals surface area contributed by atoms with Crippen molar-refractivity contribution < 1.29 is 19.0 Å². The Hall–Kier alpha value is -1.93. The molecule has 1 saturated heterocycles. The first-order valence-electron chi connectivity index (χ1n) is 6.65. The lowest BCUT2D eigenvalue weighted by molar-refractivity contribution is 0.0209. The summed E-state index contributed by atoms with van der Waals surface area (Å²) in [5.74, 6) is 0.530. The summed E-state index contributed by atoms with van der Waals surface area (Å²) >= 11 is 0. The molecule has 1 aliphatic heterocycles. The van der Waals surface area contributed by atoms with Crippen LogP contribution in [0, 0.1) is 0 Å². The number of nitrogens with one attached hydrogen (secondary N) is 1. The van der Waals surface area contributed by atoms with Gasteiger partial charge in [0.25, 0.3) is 0 Å². The van der Waals surface area contributed by atoms with Crippen LogP contribution in [-0.2, 0) is 14.2 Å². The molecule has 0 spiro atoms. The zero-order valence-corrected chi connectivity index (χ0v) is 12.5. The Morgan fingerprint density at radius 2 is 2.24 bits per heavy atom. The van der Waals surface area contributed by atoms with Gasteiger partial charge >= 0.3 is 5.97 Å². The molecule has 0 unspecified atom stereocenters. The lowest BCUT2D eigenvalue weighted by Gasteiger charge is -2.27. The number of rotatable bonds is 7. The zero-order chi connectivity index (χ0) is 15.2. The van der Waals surface area contributed by atoms with Crippen LogP contribution in [0.5, 0.6) is 0 Å². The van der Waals surface area contributed by atoms with E-state index in [-0.39, 0.29) is 11.7 Å². The fourth-order valence-electron chi connectivity index (χ4n) is 1.74. The molecule has 0 aliphatic carbocycles. The van der Waals surface area contributed by atoms with Gasteiger partial charge < -0.3 is 24.4 Å². The molecule has 0 bridgehead atoms. The molecule has 0 amide bonds. The Morgan fingerprint density at radius 1 is 1.48 bits per heavy atom. The summed E-state index contributed by atoms with van der Waals surface area (Å²) in [4.78, 5) is 22.2. The van der Waals surface area contributed by atoms with Crippen LogP contribution in [0.25, 0.3) is 0 Å². The number of carbonyl (C=O) groups is 1. The number of methoxy groups -OCH3 is 2. The Kier molecular flexibility index (Phi) is 5.29. The largest absolute Gasteiger partial charge is 0.464 e. The third-order valence-electron chi connectivity index (χ3n) is 3.07. The van der Waals surface area contributed by atoms with Gasteiger partial charge in [-0.25, -0.2) is 9.78 Å². The molecule has 1 aliphatic rings. The highest BCUT2D eigenvalue weighted by atomic mass is 16.5. The van der Waals surface area contributed by atoms with Gasteiger partial charge in [-0.1, -0.05) is 0 Å². The maximum atomic E-state index is 11.7. The van der Waals surface area contributed by atoms with Crippen molar-refractivity contribution in [3.63, 3.8) is 0 Å². The van der Waals surface area contributed by atoms with Gasteiger partial charge in [-0.15, -0.1) is 0 Å². The molecule has 116 valence electrons. The minimum Gasteiger partial charge on any atom is -0.464 e. The lowest BCUT2D eigenvalue weighted by atomic mass is 10.2. The normalized spacial score (nSPS) is 14.4. The molecule has 21 heavy (non-hydrogen) atoms. The first-order chi connectivity index (χ1) is 10.1. The van der Waals surface area contributed by atoms with Crippen LogP contribution in [-0.4, -0.2) is 69.6 Å². The fourth-order valence-corrected chi connectivity index (χ4v) is 1.74. The lowest BCUT2D eigenvalue weighted by Crippen LogP contribution is -2.40. The van der Waals surface area contributed by atoms with Crippen molar-refractivity contribution in [3.05, 3.63) is 11.8 Å². The van der Waals surface area contributed by atoms with Crippen molar-refractivity contribution in [1.29, 1.82) is 0 Å². The minimum absolute atomic E-state index is 0.211. The summed E-state index contributed by atoms with van der Waals surface area (Å²) in [5, 5.41) is 3.21. The quantitative estimate of drug-likeness (QED) is 0.712. The molecule has 1 aromatic rings. The summed E-state index contributed by atoms with van der Waals surface area (Å²) < 4.78 is 14.9. The van der Waals surface area contributed by atoms with E-state index in [2.05, 4.69) is 15.3 Å². The predicted molar refractivity (Wildman–Crippen MR) is 76.7 cm³/mol. The van der Waals surface area contributed by atoms with E-state index in [1.165, 1.54) is 7.11 Å². The molecule has 0 atom stereocenters. The first kappa shape index (κ1) is 15.5. The van der Waals surface area contributed by atoms with Gasteiger partial charge in [0, 0.05) is 26.8 Å². The van der Waals surface area contributed by atoms with Crippen LogP contribution in [0.4, 0.5) is 11.8 Å². The van der Waals surface area contributed by atoms with Crippen LogP contribution < -0.4 is 10.2 Å².